The second kappa shape index (κ2) is 3.48. The SMILES string of the molecule is CC1(Br)c2ccccc2SC1S(N)(=O)=O. The van der Waals surface area contributed by atoms with Gasteiger partial charge in [0.2, 0.25) is 10.0 Å². The summed E-state index contributed by atoms with van der Waals surface area (Å²) < 4.78 is 21.6. The average Bonchev–Trinajstić information content (AvgIpc) is 2.39. The molecular formula is C9H10BrNO2S2. The Labute approximate surface area is 102 Å². The van der Waals surface area contributed by atoms with Crippen molar-refractivity contribution in [3.05, 3.63) is 29.8 Å². The number of alkyl halides is 1. The zero-order valence-corrected chi connectivity index (χ0v) is 11.2. The number of rotatable bonds is 1. The van der Waals surface area contributed by atoms with Crippen LogP contribution in [0.3, 0.4) is 0 Å². The first-order valence-corrected chi connectivity index (χ1v) is 7.58. The molecule has 1 aromatic rings. The average molecular weight is 308 g/mol. The molecule has 2 N–H and O–H groups in total. The van der Waals surface area contributed by atoms with Gasteiger partial charge in [-0.05, 0) is 18.6 Å². The molecule has 2 rings (SSSR count). The fourth-order valence-electron chi connectivity index (χ4n) is 1.70. The summed E-state index contributed by atoms with van der Waals surface area (Å²) in [4.78, 5) is 0.968. The maximum atomic E-state index is 11.4. The van der Waals surface area contributed by atoms with Gasteiger partial charge in [0.25, 0.3) is 0 Å². The standard InChI is InChI=1S/C9H10BrNO2S2/c1-9(10)6-4-2-3-5-7(6)14-8(9)15(11,12)13/h2-5,8H,1H3,(H2,11,12,13). The highest BCUT2D eigenvalue weighted by Gasteiger charge is 2.47. The lowest BCUT2D eigenvalue weighted by Crippen LogP contribution is -2.35. The maximum absolute atomic E-state index is 11.4. The Kier molecular flexibility index (Phi) is 2.65. The minimum Gasteiger partial charge on any atom is -0.228 e. The van der Waals surface area contributed by atoms with Crippen molar-refractivity contribution in [2.24, 2.45) is 5.14 Å². The number of benzene rings is 1. The maximum Gasteiger partial charge on any atom is 0.223 e. The van der Waals surface area contributed by atoms with Crippen molar-refractivity contribution in [3.63, 3.8) is 0 Å². The van der Waals surface area contributed by atoms with Gasteiger partial charge in [0.1, 0.15) is 4.58 Å². The van der Waals surface area contributed by atoms with E-state index in [1.165, 1.54) is 11.8 Å². The van der Waals surface area contributed by atoms with E-state index in [4.69, 9.17) is 5.14 Å². The topological polar surface area (TPSA) is 60.2 Å². The van der Waals surface area contributed by atoms with Gasteiger partial charge in [0.15, 0.2) is 0 Å². The number of hydrogen-bond acceptors (Lipinski definition) is 3. The van der Waals surface area contributed by atoms with Crippen molar-refractivity contribution in [2.75, 3.05) is 0 Å². The summed E-state index contributed by atoms with van der Waals surface area (Å²) in [6.45, 7) is 1.83. The predicted molar refractivity (Wildman–Crippen MR) is 65.5 cm³/mol. The van der Waals surface area contributed by atoms with Gasteiger partial charge in [0, 0.05) is 4.90 Å². The Bertz CT molecular complexity index is 499. The van der Waals surface area contributed by atoms with Crippen LogP contribution in [0.2, 0.25) is 0 Å². The van der Waals surface area contributed by atoms with E-state index in [0.717, 1.165) is 10.5 Å². The fourth-order valence-corrected chi connectivity index (χ4v) is 5.98. The molecule has 0 spiro atoms. The summed E-state index contributed by atoms with van der Waals surface area (Å²) in [6, 6.07) is 7.61. The lowest BCUT2D eigenvalue weighted by atomic mass is 10.0. The Morgan fingerprint density at radius 1 is 1.47 bits per heavy atom. The van der Waals surface area contributed by atoms with Crippen LogP contribution in [0.15, 0.2) is 29.2 Å². The molecule has 1 heterocycles. The minimum absolute atomic E-state index is 0.609. The van der Waals surface area contributed by atoms with Crippen LogP contribution in [0.5, 0.6) is 0 Å². The smallest absolute Gasteiger partial charge is 0.223 e. The molecule has 1 aromatic carbocycles. The van der Waals surface area contributed by atoms with Crippen LogP contribution in [0.4, 0.5) is 0 Å². The molecule has 0 saturated carbocycles. The number of halogens is 1. The monoisotopic (exact) mass is 307 g/mol. The van der Waals surface area contributed by atoms with Gasteiger partial charge >= 0.3 is 0 Å². The Morgan fingerprint density at radius 2 is 2.07 bits per heavy atom. The van der Waals surface area contributed by atoms with Crippen LogP contribution in [0, 0.1) is 0 Å². The molecule has 3 nitrogen and oxygen atoms in total. The van der Waals surface area contributed by atoms with E-state index >= 15 is 0 Å². The third kappa shape index (κ3) is 1.84. The van der Waals surface area contributed by atoms with E-state index in [9.17, 15) is 8.42 Å². The van der Waals surface area contributed by atoms with E-state index in [0.29, 0.717) is 0 Å². The molecule has 15 heavy (non-hydrogen) atoms. The summed E-state index contributed by atoms with van der Waals surface area (Å²) in [6.07, 6.45) is 0. The second-order valence-corrected chi connectivity index (χ2v) is 8.35. The van der Waals surface area contributed by atoms with Crippen LogP contribution < -0.4 is 5.14 Å². The summed E-state index contributed by atoms with van der Waals surface area (Å²) >= 11 is 4.75. The van der Waals surface area contributed by atoms with Gasteiger partial charge < -0.3 is 0 Å². The fraction of sp³-hybridized carbons (Fsp3) is 0.333. The zero-order chi connectivity index (χ0) is 11.3. The molecule has 1 aliphatic heterocycles. The molecule has 82 valence electrons. The quantitative estimate of drug-likeness (QED) is 0.807. The molecule has 0 saturated heterocycles. The van der Waals surface area contributed by atoms with Crippen molar-refractivity contribution in [2.45, 2.75) is 20.7 Å². The van der Waals surface area contributed by atoms with E-state index in [-0.39, 0.29) is 0 Å². The number of hydrogen-bond donors (Lipinski definition) is 1. The Morgan fingerprint density at radius 3 is 2.60 bits per heavy atom. The van der Waals surface area contributed by atoms with E-state index in [1.807, 2.05) is 31.2 Å². The molecule has 1 aliphatic rings. The third-order valence-corrected chi connectivity index (χ3v) is 7.34. The highest BCUT2D eigenvalue weighted by atomic mass is 79.9. The largest absolute Gasteiger partial charge is 0.228 e. The molecule has 0 amide bonds. The first kappa shape index (κ1) is 11.4. The molecule has 2 atom stereocenters. The molecule has 6 heteroatoms. The number of thioether (sulfide) groups is 1. The number of fused-ring (bicyclic) bond motifs is 1. The number of primary sulfonamides is 1. The normalized spacial score (nSPS) is 30.2. The third-order valence-electron chi connectivity index (χ3n) is 2.39. The highest BCUT2D eigenvalue weighted by molar-refractivity contribution is 9.09. The van der Waals surface area contributed by atoms with Crippen LogP contribution in [0.25, 0.3) is 0 Å². The molecule has 2 unspecified atom stereocenters. The van der Waals surface area contributed by atoms with Crippen LogP contribution in [-0.2, 0) is 14.3 Å². The Balaban J connectivity index is 2.57. The van der Waals surface area contributed by atoms with Crippen molar-refractivity contribution >= 4 is 37.7 Å². The van der Waals surface area contributed by atoms with Crippen molar-refractivity contribution in [1.29, 1.82) is 0 Å². The Hall–Kier alpha value is -0.0400. The molecule has 0 radical (unpaired) electrons. The number of nitrogens with two attached hydrogens (primary N) is 1. The van der Waals surface area contributed by atoms with E-state index in [2.05, 4.69) is 15.9 Å². The first-order chi connectivity index (χ1) is 6.83. The molecular weight excluding hydrogens is 298 g/mol. The van der Waals surface area contributed by atoms with Gasteiger partial charge in [-0.25, -0.2) is 13.6 Å². The van der Waals surface area contributed by atoms with Crippen molar-refractivity contribution < 1.29 is 8.42 Å². The van der Waals surface area contributed by atoms with E-state index in [1.54, 1.807) is 0 Å². The van der Waals surface area contributed by atoms with Crippen LogP contribution in [0.1, 0.15) is 12.5 Å². The van der Waals surface area contributed by atoms with Gasteiger partial charge in [-0.2, -0.15) is 0 Å². The van der Waals surface area contributed by atoms with Gasteiger partial charge in [-0.15, -0.1) is 11.8 Å². The van der Waals surface area contributed by atoms with Crippen molar-refractivity contribution in [3.8, 4) is 0 Å². The molecule has 0 fully saturated rings. The first-order valence-electron chi connectivity index (χ1n) is 4.30. The zero-order valence-electron chi connectivity index (χ0n) is 7.98. The highest BCUT2D eigenvalue weighted by Crippen LogP contribution is 2.54. The van der Waals surface area contributed by atoms with Crippen LogP contribution >= 0.6 is 27.7 Å². The number of sulfonamides is 1. The summed E-state index contributed by atoms with van der Waals surface area (Å²) in [5.74, 6) is 0. The molecule has 0 aliphatic carbocycles. The van der Waals surface area contributed by atoms with Gasteiger partial charge in [-0.3, -0.25) is 0 Å². The van der Waals surface area contributed by atoms with Crippen LogP contribution in [-0.4, -0.2) is 13.0 Å². The molecule has 0 aromatic heterocycles. The predicted octanol–water partition coefficient (Wildman–Crippen LogP) is 2.02. The van der Waals surface area contributed by atoms with Gasteiger partial charge in [-0.1, -0.05) is 34.1 Å². The summed E-state index contributed by atoms with van der Waals surface area (Å²) in [5.41, 5.74) is 0.981. The minimum atomic E-state index is -3.56. The lowest BCUT2D eigenvalue weighted by Gasteiger charge is -2.22. The molecule has 0 bridgehead atoms. The van der Waals surface area contributed by atoms with Crippen molar-refractivity contribution in [1.82, 2.24) is 0 Å². The second-order valence-electron chi connectivity index (χ2n) is 3.61. The summed E-state index contributed by atoms with van der Waals surface area (Å²) in [7, 11) is -3.56. The van der Waals surface area contributed by atoms with E-state index < -0.39 is 18.9 Å². The lowest BCUT2D eigenvalue weighted by molar-refractivity contribution is 0.585. The van der Waals surface area contributed by atoms with Gasteiger partial charge in [0.05, 0.1) is 4.32 Å². The summed E-state index contributed by atoms with van der Waals surface area (Å²) in [5, 5.41) is 5.22.